The minimum atomic E-state index is 0.301. The van der Waals surface area contributed by atoms with Crippen molar-refractivity contribution in [3.63, 3.8) is 0 Å². The quantitative estimate of drug-likeness (QED) is 0.751. The number of hydrogen-bond donors (Lipinski definition) is 2. The van der Waals surface area contributed by atoms with E-state index in [1.54, 1.807) is 6.20 Å². The van der Waals surface area contributed by atoms with E-state index < -0.39 is 0 Å². The third-order valence-corrected chi connectivity index (χ3v) is 3.42. The fraction of sp³-hybridized carbons (Fsp3) is 0.294. The van der Waals surface area contributed by atoms with Crippen molar-refractivity contribution in [1.29, 1.82) is 0 Å². The Kier molecular flexibility index (Phi) is 4.41. The maximum Gasteiger partial charge on any atom is 0.228 e. The largest absolute Gasteiger partial charge is 0.368 e. The first-order chi connectivity index (χ1) is 11.5. The topological polar surface area (TPSA) is 80.5 Å². The second kappa shape index (κ2) is 6.66. The first kappa shape index (κ1) is 15.9. The van der Waals surface area contributed by atoms with E-state index in [4.69, 9.17) is 0 Å². The van der Waals surface area contributed by atoms with Gasteiger partial charge in [-0.25, -0.2) is 15.0 Å². The molecular weight excluding hydrogens is 302 g/mol. The second-order valence-corrected chi connectivity index (χ2v) is 5.88. The molecule has 0 amide bonds. The standard InChI is InChI=1S/C17H21N7/c1-11(2)20-16-13(10-19-24(16)4)14-8-9-18-17(22-14)23-15-7-5-6-12(3)21-15/h5-11,20H,1-4H3,(H,18,21,22,23). The predicted octanol–water partition coefficient (Wildman–Crippen LogP) is 3.14. The number of aromatic nitrogens is 5. The third kappa shape index (κ3) is 3.51. The monoisotopic (exact) mass is 323 g/mol. The van der Waals surface area contributed by atoms with Crippen LogP contribution in [0, 0.1) is 6.92 Å². The van der Waals surface area contributed by atoms with Crippen molar-refractivity contribution < 1.29 is 0 Å². The molecule has 7 heteroatoms. The molecule has 0 aliphatic rings. The summed E-state index contributed by atoms with van der Waals surface area (Å²) < 4.78 is 1.81. The van der Waals surface area contributed by atoms with Gasteiger partial charge in [0.2, 0.25) is 5.95 Å². The van der Waals surface area contributed by atoms with Gasteiger partial charge in [0, 0.05) is 25.0 Å². The molecule has 0 spiro atoms. The minimum absolute atomic E-state index is 0.301. The Morgan fingerprint density at radius 2 is 1.96 bits per heavy atom. The molecule has 0 aromatic carbocycles. The highest BCUT2D eigenvalue weighted by molar-refractivity contribution is 5.73. The lowest BCUT2D eigenvalue weighted by atomic mass is 10.2. The van der Waals surface area contributed by atoms with Gasteiger partial charge in [-0.3, -0.25) is 4.68 Å². The fourth-order valence-electron chi connectivity index (χ4n) is 2.37. The highest BCUT2D eigenvalue weighted by Gasteiger charge is 2.13. The summed E-state index contributed by atoms with van der Waals surface area (Å²) in [6.45, 7) is 6.13. The highest BCUT2D eigenvalue weighted by Crippen LogP contribution is 2.27. The van der Waals surface area contributed by atoms with E-state index in [2.05, 4.69) is 44.5 Å². The van der Waals surface area contributed by atoms with Crippen LogP contribution < -0.4 is 10.6 Å². The number of aryl methyl sites for hydroxylation is 2. The Morgan fingerprint density at radius 1 is 1.12 bits per heavy atom. The van der Waals surface area contributed by atoms with Crippen molar-refractivity contribution in [3.05, 3.63) is 42.4 Å². The van der Waals surface area contributed by atoms with Crippen molar-refractivity contribution in [3.8, 4) is 11.3 Å². The Balaban J connectivity index is 1.91. The molecule has 3 rings (SSSR count). The Morgan fingerprint density at radius 3 is 2.71 bits per heavy atom. The lowest BCUT2D eigenvalue weighted by Gasteiger charge is -2.12. The van der Waals surface area contributed by atoms with Crippen LogP contribution >= 0.6 is 0 Å². The molecule has 2 N–H and O–H groups in total. The molecule has 0 saturated heterocycles. The van der Waals surface area contributed by atoms with Crippen LogP contribution in [0.3, 0.4) is 0 Å². The molecule has 0 radical (unpaired) electrons. The van der Waals surface area contributed by atoms with Crippen LogP contribution in [0.4, 0.5) is 17.6 Å². The molecule has 24 heavy (non-hydrogen) atoms. The molecule has 7 nitrogen and oxygen atoms in total. The van der Waals surface area contributed by atoms with Crippen LogP contribution in [-0.4, -0.2) is 30.8 Å². The van der Waals surface area contributed by atoms with Crippen LogP contribution in [0.1, 0.15) is 19.5 Å². The zero-order valence-electron chi connectivity index (χ0n) is 14.3. The van der Waals surface area contributed by atoms with Gasteiger partial charge in [-0.15, -0.1) is 0 Å². The van der Waals surface area contributed by atoms with Gasteiger partial charge >= 0.3 is 0 Å². The van der Waals surface area contributed by atoms with E-state index in [1.165, 1.54) is 0 Å². The molecule has 0 bridgehead atoms. The highest BCUT2D eigenvalue weighted by atomic mass is 15.3. The summed E-state index contributed by atoms with van der Waals surface area (Å²) in [6, 6.07) is 7.95. The summed E-state index contributed by atoms with van der Waals surface area (Å²) in [4.78, 5) is 13.3. The number of nitrogens with zero attached hydrogens (tertiary/aromatic N) is 5. The Labute approximate surface area is 141 Å². The van der Waals surface area contributed by atoms with E-state index in [0.717, 1.165) is 28.6 Å². The van der Waals surface area contributed by atoms with Gasteiger partial charge in [-0.1, -0.05) is 6.07 Å². The molecule has 0 aliphatic heterocycles. The van der Waals surface area contributed by atoms with Gasteiger partial charge in [-0.2, -0.15) is 5.10 Å². The summed E-state index contributed by atoms with van der Waals surface area (Å²) in [5.41, 5.74) is 2.68. The molecule has 0 aliphatic carbocycles. The summed E-state index contributed by atoms with van der Waals surface area (Å²) in [7, 11) is 1.91. The van der Waals surface area contributed by atoms with E-state index in [-0.39, 0.29) is 0 Å². The van der Waals surface area contributed by atoms with Crippen molar-refractivity contribution in [2.75, 3.05) is 10.6 Å². The van der Waals surface area contributed by atoms with Gasteiger partial charge in [-0.05, 0) is 39.0 Å². The zero-order chi connectivity index (χ0) is 17.1. The van der Waals surface area contributed by atoms with Gasteiger partial charge in [0.05, 0.1) is 17.5 Å². The van der Waals surface area contributed by atoms with E-state index in [1.807, 2.05) is 49.1 Å². The lowest BCUT2D eigenvalue weighted by molar-refractivity contribution is 0.754. The maximum absolute atomic E-state index is 4.59. The van der Waals surface area contributed by atoms with Crippen LogP contribution in [0.2, 0.25) is 0 Å². The summed E-state index contributed by atoms with van der Waals surface area (Å²) in [5, 5.41) is 10.9. The number of nitrogens with one attached hydrogen (secondary N) is 2. The van der Waals surface area contributed by atoms with Crippen LogP contribution in [0.5, 0.6) is 0 Å². The maximum atomic E-state index is 4.59. The zero-order valence-corrected chi connectivity index (χ0v) is 14.3. The average molecular weight is 323 g/mol. The molecule has 3 aromatic heterocycles. The Hall–Kier alpha value is -2.96. The lowest BCUT2D eigenvalue weighted by Crippen LogP contribution is -2.13. The van der Waals surface area contributed by atoms with Gasteiger partial charge in [0.25, 0.3) is 0 Å². The van der Waals surface area contributed by atoms with Crippen LogP contribution in [0.15, 0.2) is 36.7 Å². The van der Waals surface area contributed by atoms with Crippen molar-refractivity contribution >= 4 is 17.6 Å². The molecule has 124 valence electrons. The smallest absolute Gasteiger partial charge is 0.228 e. The normalized spacial score (nSPS) is 10.9. The number of hydrogen-bond acceptors (Lipinski definition) is 6. The van der Waals surface area contributed by atoms with Gasteiger partial charge < -0.3 is 10.6 Å². The molecule has 3 aromatic rings. The summed E-state index contributed by atoms with van der Waals surface area (Å²) in [6.07, 6.45) is 3.54. The minimum Gasteiger partial charge on any atom is -0.368 e. The molecule has 0 fully saturated rings. The van der Waals surface area contributed by atoms with Crippen LogP contribution in [0.25, 0.3) is 11.3 Å². The first-order valence-corrected chi connectivity index (χ1v) is 7.85. The van der Waals surface area contributed by atoms with Crippen LogP contribution in [-0.2, 0) is 7.05 Å². The molecule has 0 saturated carbocycles. The van der Waals surface area contributed by atoms with E-state index >= 15 is 0 Å². The van der Waals surface area contributed by atoms with E-state index in [9.17, 15) is 0 Å². The van der Waals surface area contributed by atoms with E-state index in [0.29, 0.717) is 12.0 Å². The van der Waals surface area contributed by atoms with Crippen molar-refractivity contribution in [1.82, 2.24) is 24.7 Å². The molecule has 0 unspecified atom stereocenters. The van der Waals surface area contributed by atoms with Crippen molar-refractivity contribution in [2.24, 2.45) is 7.05 Å². The number of pyridine rings is 1. The third-order valence-electron chi connectivity index (χ3n) is 3.42. The molecule has 0 atom stereocenters. The van der Waals surface area contributed by atoms with Gasteiger partial charge in [0.15, 0.2) is 0 Å². The average Bonchev–Trinajstić information content (AvgIpc) is 2.88. The summed E-state index contributed by atoms with van der Waals surface area (Å²) >= 11 is 0. The fourth-order valence-corrected chi connectivity index (χ4v) is 2.37. The van der Waals surface area contributed by atoms with Gasteiger partial charge in [0.1, 0.15) is 11.6 Å². The molecule has 3 heterocycles. The summed E-state index contributed by atoms with van der Waals surface area (Å²) in [5.74, 6) is 2.16. The Bertz CT molecular complexity index is 838. The first-order valence-electron chi connectivity index (χ1n) is 7.85. The predicted molar refractivity (Wildman–Crippen MR) is 95.2 cm³/mol. The SMILES string of the molecule is Cc1cccc(Nc2nccc(-c3cnn(C)c3NC(C)C)n2)n1. The number of rotatable bonds is 5. The second-order valence-electron chi connectivity index (χ2n) is 5.88. The molecular formula is C17H21N7. The number of anilines is 3. The van der Waals surface area contributed by atoms with Crippen molar-refractivity contribution in [2.45, 2.75) is 26.8 Å².